The molecule has 1 aromatic heterocycles. The molecule has 3 nitrogen and oxygen atoms in total. The van der Waals surface area contributed by atoms with E-state index in [9.17, 15) is 0 Å². The Bertz CT molecular complexity index is 412. The Hall–Kier alpha value is -1.35. The molecule has 1 aromatic rings. The second kappa shape index (κ2) is 7.95. The van der Waals surface area contributed by atoms with Gasteiger partial charge in [-0.15, -0.1) is 0 Å². The van der Waals surface area contributed by atoms with E-state index in [0.29, 0.717) is 0 Å². The Labute approximate surface area is 117 Å². The lowest BCUT2D eigenvalue weighted by Crippen LogP contribution is -2.21. The third kappa shape index (κ3) is 5.43. The zero-order chi connectivity index (χ0) is 14.3. The summed E-state index contributed by atoms with van der Waals surface area (Å²) in [6, 6.07) is 4.37. The van der Waals surface area contributed by atoms with Crippen molar-refractivity contribution in [1.29, 1.82) is 0 Å². The molecule has 19 heavy (non-hydrogen) atoms. The molecule has 3 heteroatoms. The van der Waals surface area contributed by atoms with Crippen molar-refractivity contribution in [3.63, 3.8) is 0 Å². The first kappa shape index (κ1) is 15.7. The Morgan fingerprint density at radius 1 is 1.37 bits per heavy atom. The van der Waals surface area contributed by atoms with E-state index in [2.05, 4.69) is 49.8 Å². The van der Waals surface area contributed by atoms with Crippen LogP contribution in [0.2, 0.25) is 0 Å². The Morgan fingerprint density at radius 3 is 2.68 bits per heavy atom. The van der Waals surface area contributed by atoms with Crippen molar-refractivity contribution in [3.8, 4) is 0 Å². The second-order valence-corrected chi connectivity index (χ2v) is 5.17. The molecular formula is C16H27N3. The van der Waals surface area contributed by atoms with Gasteiger partial charge in [0.25, 0.3) is 0 Å². The van der Waals surface area contributed by atoms with Crippen molar-refractivity contribution in [2.75, 3.05) is 25.0 Å². The van der Waals surface area contributed by atoms with Crippen LogP contribution in [0.25, 0.3) is 0 Å². The summed E-state index contributed by atoms with van der Waals surface area (Å²) in [5, 5.41) is 3.45. The highest BCUT2D eigenvalue weighted by Gasteiger charge is 2.06. The van der Waals surface area contributed by atoms with Crippen LogP contribution in [0.3, 0.4) is 0 Å². The average molecular weight is 261 g/mol. The zero-order valence-electron chi connectivity index (χ0n) is 12.8. The number of aryl methyl sites for hydroxylation is 1. The third-order valence-corrected chi connectivity index (χ3v) is 2.94. The second-order valence-electron chi connectivity index (χ2n) is 5.17. The smallest absolute Gasteiger partial charge is 0.129 e. The molecule has 0 aliphatic carbocycles. The highest BCUT2D eigenvalue weighted by Crippen LogP contribution is 2.15. The SMILES string of the molecule is C=C(C)CN(C)c1cc(CNCCC)cc(CC)n1. The largest absolute Gasteiger partial charge is 0.356 e. The van der Waals surface area contributed by atoms with Gasteiger partial charge in [-0.1, -0.05) is 26.0 Å². The van der Waals surface area contributed by atoms with Crippen LogP contribution in [0.1, 0.15) is 38.4 Å². The van der Waals surface area contributed by atoms with Gasteiger partial charge in [-0.2, -0.15) is 0 Å². The third-order valence-electron chi connectivity index (χ3n) is 2.94. The van der Waals surface area contributed by atoms with Gasteiger partial charge in [0.15, 0.2) is 0 Å². The molecule has 0 aromatic carbocycles. The van der Waals surface area contributed by atoms with E-state index in [1.165, 1.54) is 5.56 Å². The Morgan fingerprint density at radius 2 is 2.11 bits per heavy atom. The first-order valence-electron chi connectivity index (χ1n) is 7.12. The highest BCUT2D eigenvalue weighted by molar-refractivity contribution is 5.43. The Kier molecular flexibility index (Phi) is 6.57. The lowest BCUT2D eigenvalue weighted by Gasteiger charge is -2.20. The molecule has 0 amide bonds. The van der Waals surface area contributed by atoms with Crippen molar-refractivity contribution in [2.24, 2.45) is 0 Å². The summed E-state index contributed by atoms with van der Waals surface area (Å²) in [5.41, 5.74) is 3.61. The first-order chi connectivity index (χ1) is 9.06. The van der Waals surface area contributed by atoms with E-state index in [4.69, 9.17) is 4.98 Å². The monoisotopic (exact) mass is 261 g/mol. The quantitative estimate of drug-likeness (QED) is 0.575. The molecule has 0 atom stereocenters. The average Bonchev–Trinajstić information content (AvgIpc) is 2.38. The van der Waals surface area contributed by atoms with Crippen molar-refractivity contribution in [3.05, 3.63) is 35.5 Å². The molecule has 0 aliphatic rings. The fraction of sp³-hybridized carbons (Fsp3) is 0.562. The molecule has 0 saturated carbocycles. The van der Waals surface area contributed by atoms with Crippen LogP contribution >= 0.6 is 0 Å². The van der Waals surface area contributed by atoms with Crippen LogP contribution in [0, 0.1) is 0 Å². The number of aromatic nitrogens is 1. The van der Waals surface area contributed by atoms with Crippen LogP contribution in [-0.4, -0.2) is 25.1 Å². The number of anilines is 1. The van der Waals surface area contributed by atoms with Crippen molar-refractivity contribution in [2.45, 2.75) is 40.2 Å². The minimum absolute atomic E-state index is 0.849. The molecule has 1 N–H and O–H groups in total. The summed E-state index contributed by atoms with van der Waals surface area (Å²) in [7, 11) is 2.07. The van der Waals surface area contributed by atoms with Gasteiger partial charge in [0, 0.05) is 25.8 Å². The summed E-state index contributed by atoms with van der Waals surface area (Å²) in [6.45, 7) is 13.2. The molecule has 1 rings (SSSR count). The number of hydrogen-bond donors (Lipinski definition) is 1. The van der Waals surface area contributed by atoms with Crippen molar-refractivity contribution in [1.82, 2.24) is 10.3 Å². The predicted molar refractivity (Wildman–Crippen MR) is 83.7 cm³/mol. The van der Waals surface area contributed by atoms with Crippen LogP contribution < -0.4 is 10.2 Å². The van der Waals surface area contributed by atoms with Gasteiger partial charge in [-0.3, -0.25) is 0 Å². The molecular weight excluding hydrogens is 234 g/mol. The van der Waals surface area contributed by atoms with Crippen LogP contribution in [0.15, 0.2) is 24.3 Å². The summed E-state index contributed by atoms with van der Waals surface area (Å²) < 4.78 is 0. The predicted octanol–water partition coefficient (Wildman–Crippen LogP) is 3.16. The van der Waals surface area contributed by atoms with E-state index in [1.807, 2.05) is 6.92 Å². The topological polar surface area (TPSA) is 28.2 Å². The lowest BCUT2D eigenvalue weighted by atomic mass is 10.2. The van der Waals surface area contributed by atoms with Crippen LogP contribution in [0.4, 0.5) is 5.82 Å². The molecule has 1 heterocycles. The van der Waals surface area contributed by atoms with E-state index in [-0.39, 0.29) is 0 Å². The maximum absolute atomic E-state index is 4.69. The van der Waals surface area contributed by atoms with Gasteiger partial charge in [0.1, 0.15) is 5.82 Å². The van der Waals surface area contributed by atoms with Gasteiger partial charge in [-0.05, 0) is 44.0 Å². The number of rotatable bonds is 8. The number of likely N-dealkylation sites (N-methyl/N-ethyl adjacent to an activating group) is 1. The summed E-state index contributed by atoms with van der Waals surface area (Å²) in [4.78, 5) is 6.85. The number of hydrogen-bond acceptors (Lipinski definition) is 3. The van der Waals surface area contributed by atoms with Crippen LogP contribution in [0.5, 0.6) is 0 Å². The molecule has 0 fully saturated rings. The molecule has 106 valence electrons. The molecule has 0 spiro atoms. The molecule has 0 radical (unpaired) electrons. The van der Waals surface area contributed by atoms with Gasteiger partial charge in [-0.25, -0.2) is 4.98 Å². The molecule has 0 unspecified atom stereocenters. The van der Waals surface area contributed by atoms with Crippen LogP contribution in [-0.2, 0) is 13.0 Å². The first-order valence-corrected chi connectivity index (χ1v) is 7.12. The minimum atomic E-state index is 0.849. The molecule has 0 saturated heterocycles. The summed E-state index contributed by atoms with van der Waals surface area (Å²) >= 11 is 0. The van der Waals surface area contributed by atoms with Crippen molar-refractivity contribution < 1.29 is 0 Å². The zero-order valence-corrected chi connectivity index (χ0v) is 12.8. The molecule has 0 aliphatic heterocycles. The maximum atomic E-state index is 4.69. The minimum Gasteiger partial charge on any atom is -0.356 e. The number of pyridine rings is 1. The number of nitrogens with zero attached hydrogens (tertiary/aromatic N) is 2. The van der Waals surface area contributed by atoms with E-state index in [1.54, 1.807) is 0 Å². The normalized spacial score (nSPS) is 10.5. The Balaban J connectivity index is 2.84. The summed E-state index contributed by atoms with van der Waals surface area (Å²) in [6.07, 6.45) is 2.13. The van der Waals surface area contributed by atoms with E-state index < -0.39 is 0 Å². The highest BCUT2D eigenvalue weighted by atomic mass is 15.2. The lowest BCUT2D eigenvalue weighted by molar-refractivity contribution is 0.673. The van der Waals surface area contributed by atoms with Gasteiger partial charge >= 0.3 is 0 Å². The molecule has 0 bridgehead atoms. The number of nitrogens with one attached hydrogen (secondary N) is 1. The fourth-order valence-corrected chi connectivity index (χ4v) is 2.01. The summed E-state index contributed by atoms with van der Waals surface area (Å²) in [5.74, 6) is 1.04. The fourth-order valence-electron chi connectivity index (χ4n) is 2.01. The van der Waals surface area contributed by atoms with Gasteiger partial charge < -0.3 is 10.2 Å². The standard InChI is InChI=1S/C16H27N3/c1-6-8-17-11-14-9-15(7-2)18-16(10-14)19(5)12-13(3)4/h9-10,17H,3,6-8,11-12H2,1-2,4-5H3. The van der Waals surface area contributed by atoms with E-state index in [0.717, 1.165) is 49.6 Å². The van der Waals surface area contributed by atoms with Crippen molar-refractivity contribution >= 4 is 5.82 Å². The maximum Gasteiger partial charge on any atom is 0.129 e. The van der Waals surface area contributed by atoms with E-state index >= 15 is 0 Å². The van der Waals surface area contributed by atoms with Gasteiger partial charge in [0.2, 0.25) is 0 Å². The van der Waals surface area contributed by atoms with Gasteiger partial charge in [0.05, 0.1) is 0 Å².